The van der Waals surface area contributed by atoms with Crippen LogP contribution < -0.4 is 4.90 Å². The Morgan fingerprint density at radius 2 is 1.81 bits per heavy atom. The Bertz CT molecular complexity index is 944. The highest BCUT2D eigenvalue weighted by atomic mass is 19.1. The van der Waals surface area contributed by atoms with Crippen molar-refractivity contribution in [1.82, 2.24) is 9.88 Å². The third-order valence-electron chi connectivity index (χ3n) is 5.52. The molecule has 5 heteroatoms. The number of aliphatic hydroxyl groups excluding tert-OH is 1. The van der Waals surface area contributed by atoms with E-state index in [4.69, 9.17) is 0 Å². The summed E-state index contributed by atoms with van der Waals surface area (Å²) in [5.41, 5.74) is 4.95. The quantitative estimate of drug-likeness (QED) is 0.737. The molecule has 0 saturated carbocycles. The Morgan fingerprint density at radius 1 is 1.07 bits per heavy atom. The summed E-state index contributed by atoms with van der Waals surface area (Å²) >= 11 is 0. The van der Waals surface area contributed by atoms with E-state index in [9.17, 15) is 9.50 Å². The van der Waals surface area contributed by atoms with Gasteiger partial charge in [-0.05, 0) is 37.6 Å². The van der Waals surface area contributed by atoms with Gasteiger partial charge in [-0.3, -0.25) is 4.90 Å². The lowest BCUT2D eigenvalue weighted by Crippen LogP contribution is -2.47. The summed E-state index contributed by atoms with van der Waals surface area (Å²) in [6, 6.07) is 13.2. The molecule has 0 aliphatic carbocycles. The lowest BCUT2D eigenvalue weighted by Gasteiger charge is -2.37. The minimum atomic E-state index is -0.540. The molecule has 4 nitrogen and oxygen atoms in total. The monoisotopic (exact) mass is 367 g/mol. The molecule has 0 amide bonds. The molecule has 0 radical (unpaired) electrons. The first-order valence-electron chi connectivity index (χ1n) is 9.51. The molecule has 1 aliphatic heterocycles. The summed E-state index contributed by atoms with van der Waals surface area (Å²) in [6.45, 7) is 7.83. The topological polar surface area (TPSA) is 42.5 Å². The predicted octanol–water partition coefficient (Wildman–Crippen LogP) is 3.78. The zero-order valence-electron chi connectivity index (χ0n) is 15.9. The fourth-order valence-corrected chi connectivity index (χ4v) is 4.11. The van der Waals surface area contributed by atoms with E-state index in [0.717, 1.165) is 48.3 Å². The van der Waals surface area contributed by atoms with Crippen molar-refractivity contribution < 1.29 is 9.50 Å². The van der Waals surface area contributed by atoms with Crippen molar-refractivity contribution in [2.24, 2.45) is 0 Å². The smallest absolute Gasteiger partial charge is 0.146 e. The van der Waals surface area contributed by atoms with Crippen molar-refractivity contribution in [2.45, 2.75) is 20.0 Å². The molecule has 3 aromatic rings. The van der Waals surface area contributed by atoms with Crippen molar-refractivity contribution in [3.05, 3.63) is 65.1 Å². The van der Waals surface area contributed by atoms with Crippen LogP contribution >= 0.6 is 0 Å². The van der Waals surface area contributed by atoms with Crippen LogP contribution in [0.25, 0.3) is 10.9 Å². The van der Waals surface area contributed by atoms with Crippen LogP contribution in [0.1, 0.15) is 22.9 Å². The number of anilines is 1. The first-order valence-corrected chi connectivity index (χ1v) is 9.51. The zero-order chi connectivity index (χ0) is 19.0. The molecular formula is C22H26FN3O. The second-order valence-electron chi connectivity index (χ2n) is 7.47. The first kappa shape index (κ1) is 18.0. The van der Waals surface area contributed by atoms with Crippen molar-refractivity contribution in [3.63, 3.8) is 0 Å². The molecule has 0 bridgehead atoms. The van der Waals surface area contributed by atoms with Gasteiger partial charge in [0, 0.05) is 54.9 Å². The summed E-state index contributed by atoms with van der Waals surface area (Å²) in [5.74, 6) is -0.171. The minimum absolute atomic E-state index is 0.171. The van der Waals surface area contributed by atoms with Gasteiger partial charge in [0.05, 0.1) is 11.8 Å². The number of H-pyrrole nitrogens is 1. The average Bonchev–Trinajstić information content (AvgIpc) is 2.98. The van der Waals surface area contributed by atoms with Crippen LogP contribution in [0.4, 0.5) is 10.1 Å². The normalized spacial score (nSPS) is 16.8. The maximum atomic E-state index is 14.0. The van der Waals surface area contributed by atoms with Crippen LogP contribution in [0.15, 0.2) is 42.5 Å². The third kappa shape index (κ3) is 3.57. The largest absolute Gasteiger partial charge is 0.387 e. The summed E-state index contributed by atoms with van der Waals surface area (Å²) in [6.07, 6.45) is -0.540. The number of nitrogens with zero attached hydrogens (tertiary/aromatic N) is 2. The molecule has 1 aromatic heterocycles. The molecule has 0 unspecified atom stereocenters. The number of halogens is 1. The molecule has 2 aromatic carbocycles. The highest BCUT2D eigenvalue weighted by molar-refractivity contribution is 5.85. The molecule has 142 valence electrons. The summed E-state index contributed by atoms with van der Waals surface area (Å²) in [7, 11) is 0. The standard InChI is InChI=1S/C22H26FN3O/c1-15-7-8-17-19(13-15)24-16(2)22(17)21(27)14-25-9-11-26(12-10-25)20-6-4-3-5-18(20)23/h3-8,13,21,24,27H,9-12,14H2,1-2H3/t21-/m1/s1. The number of piperazine rings is 1. The minimum Gasteiger partial charge on any atom is -0.387 e. The van der Waals surface area contributed by atoms with E-state index in [1.165, 1.54) is 11.6 Å². The van der Waals surface area contributed by atoms with E-state index in [1.807, 2.05) is 19.1 Å². The predicted molar refractivity (Wildman–Crippen MR) is 108 cm³/mol. The molecule has 4 rings (SSSR count). The Morgan fingerprint density at radius 3 is 2.56 bits per heavy atom. The molecular weight excluding hydrogens is 341 g/mol. The van der Waals surface area contributed by atoms with E-state index in [2.05, 4.69) is 39.9 Å². The second-order valence-corrected chi connectivity index (χ2v) is 7.47. The van der Waals surface area contributed by atoms with Crippen molar-refractivity contribution >= 4 is 16.6 Å². The van der Waals surface area contributed by atoms with E-state index < -0.39 is 6.10 Å². The van der Waals surface area contributed by atoms with E-state index in [1.54, 1.807) is 6.07 Å². The van der Waals surface area contributed by atoms with Gasteiger partial charge in [0.2, 0.25) is 0 Å². The Labute approximate surface area is 159 Å². The van der Waals surface area contributed by atoms with E-state index >= 15 is 0 Å². The number of hydrogen-bond donors (Lipinski definition) is 2. The second kappa shape index (κ2) is 7.33. The van der Waals surface area contributed by atoms with Crippen LogP contribution in [0.5, 0.6) is 0 Å². The number of aryl methyl sites for hydroxylation is 2. The van der Waals surface area contributed by atoms with Crippen molar-refractivity contribution in [1.29, 1.82) is 0 Å². The van der Waals surface area contributed by atoms with Crippen LogP contribution in [0.2, 0.25) is 0 Å². The number of hydrogen-bond acceptors (Lipinski definition) is 3. The summed E-state index contributed by atoms with van der Waals surface area (Å²) < 4.78 is 14.0. The Balaban J connectivity index is 1.44. The molecule has 2 N–H and O–H groups in total. The van der Waals surface area contributed by atoms with Gasteiger partial charge < -0.3 is 15.0 Å². The van der Waals surface area contributed by atoms with Gasteiger partial charge in [0.25, 0.3) is 0 Å². The summed E-state index contributed by atoms with van der Waals surface area (Å²) in [5, 5.41) is 12.0. The Kier molecular flexibility index (Phi) is 4.89. The number of para-hydroxylation sites is 1. The number of rotatable bonds is 4. The number of fused-ring (bicyclic) bond motifs is 1. The molecule has 2 heterocycles. The molecule has 1 fully saturated rings. The maximum Gasteiger partial charge on any atom is 0.146 e. The van der Waals surface area contributed by atoms with Gasteiger partial charge in [-0.1, -0.05) is 24.3 Å². The van der Waals surface area contributed by atoms with Crippen LogP contribution in [0.3, 0.4) is 0 Å². The van der Waals surface area contributed by atoms with Crippen molar-refractivity contribution in [2.75, 3.05) is 37.6 Å². The third-order valence-corrected chi connectivity index (χ3v) is 5.52. The zero-order valence-corrected chi connectivity index (χ0v) is 15.9. The van der Waals surface area contributed by atoms with Gasteiger partial charge in [-0.2, -0.15) is 0 Å². The number of aliphatic hydroxyl groups is 1. The van der Waals surface area contributed by atoms with Gasteiger partial charge >= 0.3 is 0 Å². The first-order chi connectivity index (χ1) is 13.0. The van der Waals surface area contributed by atoms with Crippen LogP contribution in [0, 0.1) is 19.7 Å². The fraction of sp³-hybridized carbons (Fsp3) is 0.364. The SMILES string of the molecule is Cc1ccc2c([C@H](O)CN3CCN(c4ccccc4F)CC3)c(C)[nH]c2c1. The lowest BCUT2D eigenvalue weighted by molar-refractivity contribution is 0.110. The number of aromatic nitrogens is 1. The highest BCUT2D eigenvalue weighted by Crippen LogP contribution is 2.29. The maximum absolute atomic E-state index is 14.0. The van der Waals surface area contributed by atoms with Crippen molar-refractivity contribution in [3.8, 4) is 0 Å². The molecule has 1 atom stereocenters. The molecule has 1 aliphatic rings. The van der Waals surface area contributed by atoms with Gasteiger partial charge in [-0.15, -0.1) is 0 Å². The molecule has 1 saturated heterocycles. The van der Waals surface area contributed by atoms with Gasteiger partial charge in [0.1, 0.15) is 5.82 Å². The van der Waals surface area contributed by atoms with Crippen LogP contribution in [-0.2, 0) is 0 Å². The Hall–Kier alpha value is -2.37. The van der Waals surface area contributed by atoms with Gasteiger partial charge in [0.15, 0.2) is 0 Å². The highest BCUT2D eigenvalue weighted by Gasteiger charge is 2.24. The van der Waals surface area contributed by atoms with E-state index in [0.29, 0.717) is 12.2 Å². The van der Waals surface area contributed by atoms with Gasteiger partial charge in [-0.25, -0.2) is 4.39 Å². The molecule has 27 heavy (non-hydrogen) atoms. The summed E-state index contributed by atoms with van der Waals surface area (Å²) in [4.78, 5) is 7.73. The molecule has 0 spiro atoms. The number of β-amino-alcohol motifs (C(OH)–C–C–N with tert-alkyl or cyclic N) is 1. The fourth-order valence-electron chi connectivity index (χ4n) is 4.11. The van der Waals surface area contributed by atoms with E-state index in [-0.39, 0.29) is 5.82 Å². The number of benzene rings is 2. The number of aromatic amines is 1. The number of nitrogens with one attached hydrogen (secondary N) is 1. The average molecular weight is 367 g/mol. The van der Waals surface area contributed by atoms with Crippen LogP contribution in [-0.4, -0.2) is 47.7 Å². The lowest BCUT2D eigenvalue weighted by atomic mass is 10.0.